The average Bonchev–Trinajstić information content (AvgIpc) is 2.65. The number of aryl methyl sites for hydroxylation is 1. The van der Waals surface area contributed by atoms with Crippen LogP contribution in [-0.4, -0.2) is 19.6 Å². The lowest BCUT2D eigenvalue weighted by atomic mass is 10.0. The number of benzene rings is 2. The Labute approximate surface area is 150 Å². The lowest BCUT2D eigenvalue weighted by Crippen LogP contribution is -2.26. The van der Waals surface area contributed by atoms with Crippen molar-refractivity contribution in [3.8, 4) is 11.5 Å². The molecule has 0 bridgehead atoms. The fourth-order valence-electron chi connectivity index (χ4n) is 2.53. The van der Waals surface area contributed by atoms with Gasteiger partial charge < -0.3 is 14.8 Å². The minimum Gasteiger partial charge on any atom is -0.497 e. The fourth-order valence-corrected chi connectivity index (χ4v) is 2.53. The highest BCUT2D eigenvalue weighted by Gasteiger charge is 2.09. The van der Waals surface area contributed by atoms with Gasteiger partial charge >= 0.3 is 0 Å². The van der Waals surface area contributed by atoms with E-state index in [0.717, 1.165) is 23.5 Å². The van der Waals surface area contributed by atoms with Gasteiger partial charge in [0, 0.05) is 6.42 Å². The highest BCUT2D eigenvalue weighted by atomic mass is 16.5. The topological polar surface area (TPSA) is 47.6 Å². The molecule has 0 aromatic heterocycles. The summed E-state index contributed by atoms with van der Waals surface area (Å²) >= 11 is 0. The molecule has 134 valence electrons. The number of carbonyl (C=O) groups excluding carboxylic acids is 1. The van der Waals surface area contributed by atoms with Gasteiger partial charge in [0.05, 0.1) is 19.8 Å². The van der Waals surface area contributed by atoms with E-state index in [1.54, 1.807) is 7.11 Å². The van der Waals surface area contributed by atoms with Crippen molar-refractivity contribution in [1.82, 2.24) is 5.32 Å². The van der Waals surface area contributed by atoms with Gasteiger partial charge in [0.15, 0.2) is 0 Å². The van der Waals surface area contributed by atoms with Gasteiger partial charge in [-0.1, -0.05) is 31.2 Å². The Bertz CT molecular complexity index is 650. The summed E-state index contributed by atoms with van der Waals surface area (Å²) < 4.78 is 10.7. The fraction of sp³-hybridized carbons (Fsp3) is 0.381. The summed E-state index contributed by atoms with van der Waals surface area (Å²) in [5.41, 5.74) is 2.43. The van der Waals surface area contributed by atoms with Crippen LogP contribution < -0.4 is 14.8 Å². The molecule has 0 radical (unpaired) electrons. The van der Waals surface area contributed by atoms with E-state index in [9.17, 15) is 4.79 Å². The number of hydrogen-bond donors (Lipinski definition) is 1. The summed E-state index contributed by atoms with van der Waals surface area (Å²) in [7, 11) is 1.63. The monoisotopic (exact) mass is 341 g/mol. The van der Waals surface area contributed by atoms with Gasteiger partial charge in [-0.25, -0.2) is 0 Å². The van der Waals surface area contributed by atoms with E-state index < -0.39 is 0 Å². The van der Waals surface area contributed by atoms with E-state index in [2.05, 4.69) is 36.5 Å². The van der Waals surface area contributed by atoms with Crippen LogP contribution in [-0.2, 0) is 11.2 Å². The molecule has 0 fully saturated rings. The maximum Gasteiger partial charge on any atom is 0.220 e. The Morgan fingerprint density at radius 1 is 1.04 bits per heavy atom. The number of rotatable bonds is 9. The zero-order valence-electron chi connectivity index (χ0n) is 15.2. The third-order valence-electron chi connectivity index (χ3n) is 4.14. The number of nitrogens with one attached hydrogen (secondary N) is 1. The predicted molar refractivity (Wildman–Crippen MR) is 100 cm³/mol. The van der Waals surface area contributed by atoms with Gasteiger partial charge in [0.25, 0.3) is 0 Å². The first-order valence-electron chi connectivity index (χ1n) is 8.77. The predicted octanol–water partition coefficient (Wildman–Crippen LogP) is 4.29. The lowest BCUT2D eigenvalue weighted by molar-refractivity contribution is -0.121. The summed E-state index contributed by atoms with van der Waals surface area (Å²) in [5, 5.41) is 3.04. The van der Waals surface area contributed by atoms with Crippen LogP contribution in [0.3, 0.4) is 0 Å². The quantitative estimate of drug-likeness (QED) is 0.692. The minimum absolute atomic E-state index is 0.0147. The SMILES string of the molecule is CCc1ccc([C@H](C)NC(=O)CCCOc2ccc(OC)cc2)cc1. The molecule has 2 aromatic carbocycles. The van der Waals surface area contributed by atoms with E-state index in [0.29, 0.717) is 19.4 Å². The van der Waals surface area contributed by atoms with Crippen molar-refractivity contribution in [2.75, 3.05) is 13.7 Å². The molecule has 0 unspecified atom stereocenters. The minimum atomic E-state index is 0.0147. The second-order valence-corrected chi connectivity index (χ2v) is 6.01. The molecule has 2 rings (SSSR count). The maximum absolute atomic E-state index is 12.1. The summed E-state index contributed by atoms with van der Waals surface area (Å²) in [6.45, 7) is 4.65. The molecule has 0 saturated carbocycles. The average molecular weight is 341 g/mol. The molecule has 0 aliphatic heterocycles. The van der Waals surface area contributed by atoms with Gasteiger partial charge in [-0.3, -0.25) is 4.79 Å². The Morgan fingerprint density at radius 3 is 2.28 bits per heavy atom. The number of hydrogen-bond acceptors (Lipinski definition) is 3. The Balaban J connectivity index is 1.68. The van der Waals surface area contributed by atoms with Crippen LogP contribution in [0.15, 0.2) is 48.5 Å². The smallest absolute Gasteiger partial charge is 0.220 e. The first kappa shape index (κ1) is 18.8. The van der Waals surface area contributed by atoms with E-state index in [1.165, 1.54) is 5.56 Å². The van der Waals surface area contributed by atoms with Crippen LogP contribution in [0.25, 0.3) is 0 Å². The summed E-state index contributed by atoms with van der Waals surface area (Å²) in [6, 6.07) is 15.8. The van der Waals surface area contributed by atoms with E-state index in [-0.39, 0.29) is 11.9 Å². The Kier molecular flexibility index (Phi) is 7.33. The van der Waals surface area contributed by atoms with E-state index >= 15 is 0 Å². The molecule has 1 atom stereocenters. The molecule has 0 spiro atoms. The molecule has 2 aromatic rings. The molecular weight excluding hydrogens is 314 g/mol. The standard InChI is InChI=1S/C21H27NO3/c1-4-17-7-9-18(10-8-17)16(2)22-21(23)6-5-15-25-20-13-11-19(24-3)12-14-20/h7-14,16H,4-6,15H2,1-3H3,(H,22,23)/t16-/m0/s1. The second kappa shape index (κ2) is 9.72. The third-order valence-corrected chi connectivity index (χ3v) is 4.14. The lowest BCUT2D eigenvalue weighted by Gasteiger charge is -2.15. The molecule has 0 heterocycles. The second-order valence-electron chi connectivity index (χ2n) is 6.01. The molecule has 25 heavy (non-hydrogen) atoms. The van der Waals surface area contributed by atoms with Crippen molar-refractivity contribution in [1.29, 1.82) is 0 Å². The van der Waals surface area contributed by atoms with E-state index in [4.69, 9.17) is 9.47 Å². The Morgan fingerprint density at radius 2 is 1.68 bits per heavy atom. The van der Waals surface area contributed by atoms with Crippen molar-refractivity contribution in [3.63, 3.8) is 0 Å². The largest absolute Gasteiger partial charge is 0.497 e. The highest BCUT2D eigenvalue weighted by molar-refractivity contribution is 5.76. The highest BCUT2D eigenvalue weighted by Crippen LogP contribution is 2.17. The Hall–Kier alpha value is -2.49. The molecule has 0 saturated heterocycles. The normalized spacial score (nSPS) is 11.6. The van der Waals surface area contributed by atoms with Crippen molar-refractivity contribution in [3.05, 3.63) is 59.7 Å². The number of methoxy groups -OCH3 is 1. The number of carbonyl (C=O) groups is 1. The van der Waals surface area contributed by atoms with E-state index in [1.807, 2.05) is 31.2 Å². The van der Waals surface area contributed by atoms with Gasteiger partial charge in [-0.2, -0.15) is 0 Å². The molecule has 4 nitrogen and oxygen atoms in total. The van der Waals surface area contributed by atoms with Crippen molar-refractivity contribution < 1.29 is 14.3 Å². The third kappa shape index (κ3) is 6.14. The maximum atomic E-state index is 12.1. The van der Waals surface area contributed by atoms with Crippen LogP contribution >= 0.6 is 0 Å². The zero-order valence-corrected chi connectivity index (χ0v) is 15.2. The summed E-state index contributed by atoms with van der Waals surface area (Å²) in [5.74, 6) is 1.63. The van der Waals surface area contributed by atoms with Crippen LogP contribution in [0, 0.1) is 0 Å². The zero-order chi connectivity index (χ0) is 18.1. The van der Waals surface area contributed by atoms with Crippen molar-refractivity contribution in [2.24, 2.45) is 0 Å². The molecule has 1 amide bonds. The van der Waals surface area contributed by atoms with Gasteiger partial charge in [0.1, 0.15) is 11.5 Å². The molecule has 0 aliphatic rings. The van der Waals surface area contributed by atoms with Gasteiger partial charge in [-0.15, -0.1) is 0 Å². The first-order valence-corrected chi connectivity index (χ1v) is 8.77. The van der Waals surface area contributed by atoms with Gasteiger partial charge in [-0.05, 0) is 55.2 Å². The van der Waals surface area contributed by atoms with Crippen molar-refractivity contribution >= 4 is 5.91 Å². The summed E-state index contributed by atoms with van der Waals surface area (Å²) in [4.78, 5) is 12.1. The van der Waals surface area contributed by atoms with Gasteiger partial charge in [0.2, 0.25) is 5.91 Å². The number of amides is 1. The summed E-state index contributed by atoms with van der Waals surface area (Å²) in [6.07, 6.45) is 2.15. The molecule has 4 heteroatoms. The molecular formula is C21H27NO3. The van der Waals surface area contributed by atoms with Crippen LogP contribution in [0.4, 0.5) is 0 Å². The molecule has 1 N–H and O–H groups in total. The van der Waals surface area contributed by atoms with Crippen molar-refractivity contribution in [2.45, 2.75) is 39.2 Å². The first-order chi connectivity index (χ1) is 12.1. The molecule has 0 aliphatic carbocycles. The number of ether oxygens (including phenoxy) is 2. The van der Waals surface area contributed by atoms with Crippen LogP contribution in [0.1, 0.15) is 43.9 Å². The van der Waals surface area contributed by atoms with Crippen LogP contribution in [0.2, 0.25) is 0 Å². The van der Waals surface area contributed by atoms with Crippen LogP contribution in [0.5, 0.6) is 11.5 Å².